The summed E-state index contributed by atoms with van der Waals surface area (Å²) in [6.07, 6.45) is 2.07. The number of ketones is 1. The van der Waals surface area contributed by atoms with Crippen molar-refractivity contribution in [3.05, 3.63) is 47.3 Å². The highest BCUT2D eigenvalue weighted by atomic mass is 16.6. The van der Waals surface area contributed by atoms with Crippen molar-refractivity contribution in [3.63, 3.8) is 0 Å². The Bertz CT molecular complexity index is 841. The van der Waals surface area contributed by atoms with E-state index in [0.29, 0.717) is 42.4 Å². The van der Waals surface area contributed by atoms with Crippen molar-refractivity contribution in [3.8, 4) is 11.5 Å². The third-order valence-corrected chi connectivity index (χ3v) is 5.25. The molecule has 6 heteroatoms. The van der Waals surface area contributed by atoms with Crippen molar-refractivity contribution < 1.29 is 23.8 Å². The van der Waals surface area contributed by atoms with Crippen LogP contribution in [0.4, 0.5) is 0 Å². The Morgan fingerprint density at radius 1 is 1.26 bits per heavy atom. The predicted molar refractivity (Wildman–Crippen MR) is 98.5 cm³/mol. The van der Waals surface area contributed by atoms with E-state index in [4.69, 9.17) is 14.2 Å². The molecule has 0 bridgehead atoms. The van der Waals surface area contributed by atoms with Gasteiger partial charge < -0.3 is 19.5 Å². The molecule has 0 spiro atoms. The Balaban J connectivity index is 1.83. The van der Waals surface area contributed by atoms with Gasteiger partial charge in [-0.1, -0.05) is 12.6 Å². The summed E-state index contributed by atoms with van der Waals surface area (Å²) in [7, 11) is 0. The molecular formula is C21H23NO5. The summed E-state index contributed by atoms with van der Waals surface area (Å²) in [6, 6.07) is 5.61. The van der Waals surface area contributed by atoms with Crippen LogP contribution in [0.1, 0.15) is 37.7 Å². The summed E-state index contributed by atoms with van der Waals surface area (Å²) < 4.78 is 16.6. The van der Waals surface area contributed by atoms with Crippen LogP contribution in [0.5, 0.6) is 11.5 Å². The number of carbonyl (C=O) groups excluding carboxylic acids is 2. The van der Waals surface area contributed by atoms with E-state index in [9.17, 15) is 9.59 Å². The smallest absolute Gasteiger partial charge is 0.315 e. The molecule has 27 heavy (non-hydrogen) atoms. The van der Waals surface area contributed by atoms with E-state index >= 15 is 0 Å². The average molecular weight is 369 g/mol. The number of fused-ring (bicyclic) bond motifs is 1. The Hall–Kier alpha value is -2.76. The molecule has 1 aromatic rings. The van der Waals surface area contributed by atoms with Crippen molar-refractivity contribution >= 4 is 11.8 Å². The van der Waals surface area contributed by atoms with Gasteiger partial charge in [-0.25, -0.2) is 0 Å². The summed E-state index contributed by atoms with van der Waals surface area (Å²) >= 11 is 0. The maximum Gasteiger partial charge on any atom is 0.315 e. The van der Waals surface area contributed by atoms with Crippen LogP contribution in [-0.2, 0) is 14.3 Å². The van der Waals surface area contributed by atoms with Crippen LogP contribution in [-0.4, -0.2) is 31.6 Å². The summed E-state index contributed by atoms with van der Waals surface area (Å²) in [5, 5.41) is 3.21. The number of carbonyl (C=O) groups is 2. The fourth-order valence-electron chi connectivity index (χ4n) is 4.12. The van der Waals surface area contributed by atoms with Crippen molar-refractivity contribution in [1.82, 2.24) is 5.32 Å². The van der Waals surface area contributed by atoms with Gasteiger partial charge >= 0.3 is 5.97 Å². The van der Waals surface area contributed by atoms with Gasteiger partial charge in [0.05, 0.1) is 6.61 Å². The molecule has 0 radical (unpaired) electrons. The first kappa shape index (κ1) is 17.6. The number of esters is 1. The van der Waals surface area contributed by atoms with Crippen molar-refractivity contribution in [2.75, 3.05) is 19.8 Å². The largest absolute Gasteiger partial charge is 0.486 e. The fraction of sp³-hybridized carbons (Fsp3) is 0.429. The number of rotatable bonds is 3. The zero-order valence-corrected chi connectivity index (χ0v) is 15.4. The molecule has 0 saturated heterocycles. The average Bonchev–Trinajstić information content (AvgIpc) is 2.67. The second-order valence-electron chi connectivity index (χ2n) is 6.93. The Labute approximate surface area is 158 Å². The molecule has 2 aliphatic heterocycles. The number of allylic oxidation sites excluding steroid dienone is 2. The molecule has 3 aliphatic rings. The molecule has 2 atom stereocenters. The highest BCUT2D eigenvalue weighted by Gasteiger charge is 2.44. The van der Waals surface area contributed by atoms with Gasteiger partial charge in [0.15, 0.2) is 17.3 Å². The minimum Gasteiger partial charge on any atom is -0.486 e. The Morgan fingerprint density at radius 2 is 2.04 bits per heavy atom. The van der Waals surface area contributed by atoms with Gasteiger partial charge in [0.1, 0.15) is 19.1 Å². The fourth-order valence-corrected chi connectivity index (χ4v) is 4.12. The summed E-state index contributed by atoms with van der Waals surface area (Å²) in [4.78, 5) is 25.5. The molecule has 142 valence electrons. The molecule has 1 aromatic carbocycles. The molecule has 0 saturated carbocycles. The molecule has 1 N–H and O–H groups in total. The third-order valence-electron chi connectivity index (χ3n) is 5.25. The normalized spacial score (nSPS) is 24.2. The monoisotopic (exact) mass is 369 g/mol. The minimum absolute atomic E-state index is 0.0745. The van der Waals surface area contributed by atoms with Crippen molar-refractivity contribution in [1.29, 1.82) is 0 Å². The van der Waals surface area contributed by atoms with Crippen LogP contribution in [0.15, 0.2) is 41.7 Å². The molecule has 6 nitrogen and oxygen atoms in total. The standard InChI is InChI=1S/C21H23NO5/c1-3-25-21(24)18-12(2)22-14-5-4-6-15(23)20(14)19(18)13-7-8-16-17(11-13)27-10-9-26-16/h7-8,11,18-19,22H,2-6,9-10H2,1H3. The van der Waals surface area contributed by atoms with Gasteiger partial charge in [-0.05, 0) is 37.5 Å². The highest BCUT2D eigenvalue weighted by molar-refractivity contribution is 6.00. The first-order valence-corrected chi connectivity index (χ1v) is 9.38. The number of nitrogens with one attached hydrogen (secondary N) is 1. The first-order chi connectivity index (χ1) is 13.1. The number of benzene rings is 1. The van der Waals surface area contributed by atoms with Gasteiger partial charge in [-0.15, -0.1) is 0 Å². The molecule has 0 amide bonds. The molecular weight excluding hydrogens is 346 g/mol. The second-order valence-corrected chi connectivity index (χ2v) is 6.93. The third kappa shape index (κ3) is 3.09. The number of Topliss-reactive ketones (excluding diaryl/α,β-unsaturated/α-hetero) is 1. The van der Waals surface area contributed by atoms with Gasteiger partial charge in [-0.3, -0.25) is 9.59 Å². The lowest BCUT2D eigenvalue weighted by atomic mass is 9.71. The molecule has 4 rings (SSSR count). The Morgan fingerprint density at radius 3 is 2.81 bits per heavy atom. The summed E-state index contributed by atoms with van der Waals surface area (Å²) in [5.74, 6) is -0.0829. The number of hydrogen-bond acceptors (Lipinski definition) is 6. The second kappa shape index (κ2) is 7.10. The van der Waals surface area contributed by atoms with E-state index in [1.54, 1.807) is 6.92 Å². The Kier molecular flexibility index (Phi) is 4.64. The SMILES string of the molecule is C=C1NC2=C(C(=O)CCC2)C(c2ccc3c(c2)OCCO3)C1C(=O)OCC. The van der Waals surface area contributed by atoms with E-state index in [1.807, 2.05) is 18.2 Å². The van der Waals surface area contributed by atoms with Gasteiger partial charge in [0, 0.05) is 29.3 Å². The zero-order valence-electron chi connectivity index (χ0n) is 15.4. The lowest BCUT2D eigenvalue weighted by molar-refractivity contribution is -0.147. The first-order valence-electron chi connectivity index (χ1n) is 9.38. The topological polar surface area (TPSA) is 73.9 Å². The maximum atomic E-state index is 12.8. The van der Waals surface area contributed by atoms with Crippen LogP contribution in [0.3, 0.4) is 0 Å². The molecule has 1 aliphatic carbocycles. The van der Waals surface area contributed by atoms with E-state index in [2.05, 4.69) is 11.9 Å². The molecule has 0 aromatic heterocycles. The highest BCUT2D eigenvalue weighted by Crippen LogP contribution is 2.46. The van der Waals surface area contributed by atoms with E-state index in [-0.39, 0.29) is 18.4 Å². The van der Waals surface area contributed by atoms with E-state index < -0.39 is 11.8 Å². The molecule has 2 unspecified atom stereocenters. The molecule has 0 fully saturated rings. The number of ether oxygens (including phenoxy) is 3. The van der Waals surface area contributed by atoms with E-state index in [0.717, 1.165) is 24.1 Å². The zero-order chi connectivity index (χ0) is 19.0. The van der Waals surface area contributed by atoms with Gasteiger partial charge in [0.25, 0.3) is 0 Å². The van der Waals surface area contributed by atoms with Gasteiger partial charge in [0.2, 0.25) is 0 Å². The quantitative estimate of drug-likeness (QED) is 0.826. The molecule has 2 heterocycles. The van der Waals surface area contributed by atoms with Crippen LogP contribution in [0.2, 0.25) is 0 Å². The van der Waals surface area contributed by atoms with Gasteiger partial charge in [-0.2, -0.15) is 0 Å². The van der Waals surface area contributed by atoms with Crippen LogP contribution < -0.4 is 14.8 Å². The van der Waals surface area contributed by atoms with E-state index in [1.165, 1.54) is 0 Å². The van der Waals surface area contributed by atoms with Crippen LogP contribution >= 0.6 is 0 Å². The minimum atomic E-state index is -0.659. The van der Waals surface area contributed by atoms with Crippen LogP contribution in [0, 0.1) is 5.92 Å². The van der Waals surface area contributed by atoms with Crippen LogP contribution in [0.25, 0.3) is 0 Å². The maximum absolute atomic E-state index is 12.8. The number of hydrogen-bond donors (Lipinski definition) is 1. The van der Waals surface area contributed by atoms with Crippen molar-refractivity contribution in [2.45, 2.75) is 32.1 Å². The van der Waals surface area contributed by atoms with Crippen molar-refractivity contribution in [2.24, 2.45) is 5.92 Å². The summed E-state index contributed by atoms with van der Waals surface area (Å²) in [6.45, 7) is 7.09. The summed E-state index contributed by atoms with van der Waals surface area (Å²) in [5.41, 5.74) is 2.95. The predicted octanol–water partition coefficient (Wildman–Crippen LogP) is 2.84. The lowest BCUT2D eigenvalue weighted by Gasteiger charge is -2.38. The lowest BCUT2D eigenvalue weighted by Crippen LogP contribution is -2.41.